The van der Waals surface area contributed by atoms with Crippen LogP contribution in [0.1, 0.15) is 32.1 Å². The largest absolute Gasteiger partial charge is 0.310 e. The van der Waals surface area contributed by atoms with Gasteiger partial charge in [0, 0.05) is 17.3 Å². The summed E-state index contributed by atoms with van der Waals surface area (Å²) in [6.45, 7) is 0. The summed E-state index contributed by atoms with van der Waals surface area (Å²) in [6, 6.07) is 1.65. The van der Waals surface area contributed by atoms with Gasteiger partial charge in [-0.05, 0) is 43.4 Å². The lowest BCUT2D eigenvalue weighted by Crippen LogP contribution is -2.43. The van der Waals surface area contributed by atoms with Gasteiger partial charge in [-0.2, -0.15) is 23.5 Å². The predicted molar refractivity (Wildman–Crippen MR) is 68.4 cm³/mol. The number of nitrogens with one attached hydrogen (secondary N) is 1. The molecule has 0 spiro atoms. The third-order valence-corrected chi connectivity index (χ3v) is 5.64. The van der Waals surface area contributed by atoms with E-state index in [0.29, 0.717) is 0 Å². The monoisotopic (exact) mass is 231 g/mol. The highest BCUT2D eigenvalue weighted by Crippen LogP contribution is 2.29. The van der Waals surface area contributed by atoms with Crippen molar-refractivity contribution in [1.82, 2.24) is 5.32 Å². The quantitative estimate of drug-likeness (QED) is 0.802. The Morgan fingerprint density at radius 2 is 1.93 bits per heavy atom. The molecule has 1 saturated carbocycles. The normalized spacial score (nSPS) is 34.9. The van der Waals surface area contributed by atoms with Crippen LogP contribution in [0.3, 0.4) is 0 Å². The van der Waals surface area contributed by atoms with Gasteiger partial charge in [-0.15, -0.1) is 0 Å². The van der Waals surface area contributed by atoms with Gasteiger partial charge in [0.25, 0.3) is 0 Å². The highest BCUT2D eigenvalue weighted by molar-refractivity contribution is 7.99. The molecule has 0 radical (unpaired) electrons. The predicted octanol–water partition coefficient (Wildman–Crippen LogP) is 2.76. The van der Waals surface area contributed by atoms with Crippen molar-refractivity contribution in [2.75, 3.05) is 17.8 Å². The van der Waals surface area contributed by atoms with Crippen LogP contribution in [0.15, 0.2) is 0 Å². The maximum atomic E-state index is 3.88. The van der Waals surface area contributed by atoms with Crippen molar-refractivity contribution in [3.8, 4) is 0 Å². The van der Waals surface area contributed by atoms with E-state index < -0.39 is 0 Å². The van der Waals surface area contributed by atoms with Gasteiger partial charge >= 0.3 is 0 Å². The molecule has 1 heterocycles. The molecule has 2 unspecified atom stereocenters. The lowest BCUT2D eigenvalue weighted by Gasteiger charge is -2.28. The molecule has 1 aliphatic heterocycles. The summed E-state index contributed by atoms with van der Waals surface area (Å²) in [5.74, 6) is 2.74. The van der Waals surface area contributed by atoms with Crippen LogP contribution in [0, 0.1) is 0 Å². The first-order chi connectivity index (χ1) is 6.90. The van der Waals surface area contributed by atoms with E-state index in [-0.39, 0.29) is 0 Å². The van der Waals surface area contributed by atoms with Gasteiger partial charge in [0.2, 0.25) is 0 Å². The second-order valence-electron chi connectivity index (χ2n) is 4.36. The van der Waals surface area contributed by atoms with E-state index in [9.17, 15) is 0 Å². The van der Waals surface area contributed by atoms with Gasteiger partial charge < -0.3 is 5.32 Å². The lowest BCUT2D eigenvalue weighted by atomic mass is 10.1. The van der Waals surface area contributed by atoms with Gasteiger partial charge in [0.1, 0.15) is 0 Å². The average Bonchev–Trinajstić information content (AvgIpc) is 2.67. The minimum absolute atomic E-state index is 0.818. The summed E-state index contributed by atoms with van der Waals surface area (Å²) < 4.78 is 0. The molecule has 0 aromatic heterocycles. The SMILES string of the molecule is CSC1CCCC1NC1CCSCC1. The molecule has 0 aromatic rings. The van der Waals surface area contributed by atoms with Crippen LogP contribution in [-0.4, -0.2) is 35.1 Å². The van der Waals surface area contributed by atoms with Crippen molar-refractivity contribution in [3.63, 3.8) is 0 Å². The van der Waals surface area contributed by atoms with Crippen LogP contribution in [0.5, 0.6) is 0 Å². The topological polar surface area (TPSA) is 12.0 Å². The van der Waals surface area contributed by atoms with Gasteiger partial charge in [0.15, 0.2) is 0 Å². The fourth-order valence-electron chi connectivity index (χ4n) is 2.57. The summed E-state index contributed by atoms with van der Waals surface area (Å²) in [5.41, 5.74) is 0. The number of hydrogen-bond donors (Lipinski definition) is 1. The number of hydrogen-bond acceptors (Lipinski definition) is 3. The Balaban J connectivity index is 1.77. The Morgan fingerprint density at radius 1 is 1.14 bits per heavy atom. The average molecular weight is 231 g/mol. The summed E-state index contributed by atoms with van der Waals surface area (Å²) in [5, 5.41) is 4.78. The first-order valence-electron chi connectivity index (χ1n) is 5.76. The third kappa shape index (κ3) is 2.83. The zero-order chi connectivity index (χ0) is 9.80. The molecule has 0 aromatic carbocycles. The zero-order valence-electron chi connectivity index (χ0n) is 9.00. The van der Waals surface area contributed by atoms with E-state index in [1.165, 1.54) is 43.6 Å². The van der Waals surface area contributed by atoms with Crippen LogP contribution < -0.4 is 5.32 Å². The molecule has 0 bridgehead atoms. The van der Waals surface area contributed by atoms with Crippen LogP contribution >= 0.6 is 23.5 Å². The van der Waals surface area contributed by atoms with E-state index in [1.54, 1.807) is 0 Å². The highest BCUT2D eigenvalue weighted by atomic mass is 32.2. The van der Waals surface area contributed by atoms with Gasteiger partial charge in [0.05, 0.1) is 0 Å². The molecule has 2 aliphatic rings. The second-order valence-corrected chi connectivity index (χ2v) is 6.67. The fraction of sp³-hybridized carbons (Fsp3) is 1.00. The Morgan fingerprint density at radius 3 is 2.64 bits per heavy atom. The molecule has 2 fully saturated rings. The van der Waals surface area contributed by atoms with E-state index >= 15 is 0 Å². The van der Waals surface area contributed by atoms with Gasteiger partial charge in [-0.25, -0.2) is 0 Å². The number of rotatable bonds is 3. The highest BCUT2D eigenvalue weighted by Gasteiger charge is 2.28. The number of thioether (sulfide) groups is 2. The Bertz CT molecular complexity index is 169. The third-order valence-electron chi connectivity index (χ3n) is 3.43. The van der Waals surface area contributed by atoms with E-state index in [4.69, 9.17) is 0 Å². The maximum Gasteiger partial charge on any atom is 0.0198 e. The first kappa shape index (κ1) is 11.2. The molecular weight excluding hydrogens is 210 g/mol. The summed E-state index contributed by atoms with van der Waals surface area (Å²) in [7, 11) is 0. The molecule has 3 heteroatoms. The Labute approximate surface area is 96.2 Å². The Hall–Kier alpha value is 0.660. The van der Waals surface area contributed by atoms with Crippen molar-refractivity contribution in [1.29, 1.82) is 0 Å². The minimum atomic E-state index is 0.818. The van der Waals surface area contributed by atoms with Crippen LogP contribution in [-0.2, 0) is 0 Å². The van der Waals surface area contributed by atoms with Gasteiger partial charge in [-0.3, -0.25) is 0 Å². The van der Waals surface area contributed by atoms with Gasteiger partial charge in [-0.1, -0.05) is 6.42 Å². The second kappa shape index (κ2) is 5.66. The van der Waals surface area contributed by atoms with Crippen molar-refractivity contribution in [2.45, 2.75) is 49.4 Å². The van der Waals surface area contributed by atoms with Crippen LogP contribution in [0.2, 0.25) is 0 Å². The van der Waals surface area contributed by atoms with Crippen LogP contribution in [0.4, 0.5) is 0 Å². The molecule has 2 atom stereocenters. The smallest absolute Gasteiger partial charge is 0.0198 e. The standard InChI is InChI=1S/C11H21NS2/c1-13-11-4-2-3-10(11)12-9-5-7-14-8-6-9/h9-12H,2-8H2,1H3. The molecule has 2 rings (SSSR count). The lowest BCUT2D eigenvalue weighted by molar-refractivity contribution is 0.414. The van der Waals surface area contributed by atoms with Crippen molar-refractivity contribution in [2.24, 2.45) is 0 Å². The summed E-state index contributed by atoms with van der Waals surface area (Å²) in [6.07, 6.45) is 9.33. The molecule has 0 amide bonds. The van der Waals surface area contributed by atoms with E-state index in [2.05, 4.69) is 35.1 Å². The van der Waals surface area contributed by atoms with E-state index in [1.807, 2.05) is 0 Å². The maximum absolute atomic E-state index is 3.88. The molecule has 1 nitrogen and oxygen atoms in total. The molecule has 82 valence electrons. The first-order valence-corrected chi connectivity index (χ1v) is 8.21. The Kier molecular flexibility index (Phi) is 4.51. The zero-order valence-corrected chi connectivity index (χ0v) is 10.6. The summed E-state index contributed by atoms with van der Waals surface area (Å²) >= 11 is 4.18. The molecule has 1 N–H and O–H groups in total. The molecule has 14 heavy (non-hydrogen) atoms. The van der Waals surface area contributed by atoms with Crippen molar-refractivity contribution < 1.29 is 0 Å². The minimum Gasteiger partial charge on any atom is -0.310 e. The van der Waals surface area contributed by atoms with Crippen LogP contribution in [0.25, 0.3) is 0 Å². The molecular formula is C11H21NS2. The summed E-state index contributed by atoms with van der Waals surface area (Å²) in [4.78, 5) is 0. The van der Waals surface area contributed by atoms with E-state index in [0.717, 1.165) is 17.3 Å². The molecule has 1 aliphatic carbocycles. The van der Waals surface area contributed by atoms with Crippen molar-refractivity contribution in [3.05, 3.63) is 0 Å². The fourth-order valence-corrected chi connectivity index (χ4v) is 4.62. The molecule has 1 saturated heterocycles. The van der Waals surface area contributed by atoms with Crippen molar-refractivity contribution >= 4 is 23.5 Å².